The molecule has 3 N–H and O–H groups in total. The molecule has 0 aromatic carbocycles. The predicted molar refractivity (Wildman–Crippen MR) is 70.7 cm³/mol. The maximum atomic E-state index is 11.6. The average Bonchev–Trinajstić information content (AvgIpc) is 2.96. The molecule has 0 saturated carbocycles. The first-order valence-electron chi connectivity index (χ1n) is 6.22. The highest BCUT2D eigenvalue weighted by molar-refractivity contribution is 8.00. The van der Waals surface area contributed by atoms with Crippen LogP contribution in [0.5, 0.6) is 0 Å². The Morgan fingerprint density at radius 1 is 1.39 bits per heavy atom. The van der Waals surface area contributed by atoms with Crippen molar-refractivity contribution in [1.29, 1.82) is 0 Å². The molecule has 2 rings (SSSR count). The number of hydrogen-bond donors (Lipinski definition) is 3. The number of carboxylic acid groups (broad SMARTS) is 1. The lowest BCUT2D eigenvalue weighted by molar-refractivity contribution is -0.140. The van der Waals surface area contributed by atoms with Crippen LogP contribution in [0.2, 0.25) is 0 Å². The normalized spacial score (nSPS) is 30.3. The molecule has 0 radical (unpaired) electrons. The van der Waals surface area contributed by atoms with Gasteiger partial charge in [-0.3, -0.25) is 4.79 Å². The van der Waals surface area contributed by atoms with E-state index >= 15 is 0 Å². The lowest BCUT2D eigenvalue weighted by Crippen LogP contribution is -2.43. The summed E-state index contributed by atoms with van der Waals surface area (Å²) < 4.78 is 0. The van der Waals surface area contributed by atoms with E-state index in [9.17, 15) is 9.59 Å². The molecule has 6 heteroatoms. The summed E-state index contributed by atoms with van der Waals surface area (Å²) in [5, 5.41) is 15.0. The van der Waals surface area contributed by atoms with Crippen molar-refractivity contribution in [3.05, 3.63) is 12.2 Å². The summed E-state index contributed by atoms with van der Waals surface area (Å²) in [6.45, 7) is 0.690. The maximum absolute atomic E-state index is 11.6. The summed E-state index contributed by atoms with van der Waals surface area (Å²) in [5.41, 5.74) is 0. The highest BCUT2D eigenvalue weighted by atomic mass is 32.2. The minimum atomic E-state index is -0.835. The van der Waals surface area contributed by atoms with Crippen LogP contribution in [-0.2, 0) is 4.79 Å². The van der Waals surface area contributed by atoms with E-state index in [1.807, 2.05) is 11.8 Å². The Morgan fingerprint density at radius 2 is 2.22 bits per heavy atom. The Hall–Kier alpha value is -1.17. The molecule has 1 fully saturated rings. The minimum absolute atomic E-state index is 0.165. The van der Waals surface area contributed by atoms with Gasteiger partial charge < -0.3 is 15.7 Å². The van der Waals surface area contributed by atoms with Gasteiger partial charge in [-0.2, -0.15) is 11.8 Å². The monoisotopic (exact) mass is 270 g/mol. The number of nitrogens with one attached hydrogen (secondary N) is 2. The van der Waals surface area contributed by atoms with Gasteiger partial charge >= 0.3 is 12.0 Å². The first kappa shape index (κ1) is 13.3. The number of aliphatic carboxylic acids is 1. The fraction of sp³-hybridized carbons (Fsp3) is 0.667. The number of thioether (sulfide) groups is 1. The molecule has 1 aliphatic heterocycles. The predicted octanol–water partition coefficient (Wildman–Crippen LogP) is 1.21. The molecule has 3 unspecified atom stereocenters. The number of rotatable bonds is 4. The molecule has 0 spiro atoms. The van der Waals surface area contributed by atoms with E-state index in [-0.39, 0.29) is 12.1 Å². The van der Waals surface area contributed by atoms with Gasteiger partial charge in [0.25, 0.3) is 0 Å². The fourth-order valence-electron chi connectivity index (χ4n) is 2.22. The quantitative estimate of drug-likeness (QED) is 0.671. The molecule has 18 heavy (non-hydrogen) atoms. The molecule has 0 aromatic heterocycles. The molecule has 3 atom stereocenters. The Morgan fingerprint density at radius 3 is 2.83 bits per heavy atom. The summed E-state index contributed by atoms with van der Waals surface area (Å²) in [7, 11) is 0. The molecule has 0 bridgehead atoms. The van der Waals surface area contributed by atoms with E-state index in [0.717, 1.165) is 6.42 Å². The van der Waals surface area contributed by atoms with Crippen LogP contribution in [0.4, 0.5) is 4.79 Å². The second-order valence-electron chi connectivity index (χ2n) is 4.66. The third-order valence-electron chi connectivity index (χ3n) is 3.23. The number of amides is 2. The second-order valence-corrected chi connectivity index (χ2v) is 6.07. The number of hydrogen-bond acceptors (Lipinski definition) is 3. The molecule has 1 saturated heterocycles. The van der Waals surface area contributed by atoms with Crippen molar-refractivity contribution >= 4 is 23.8 Å². The zero-order valence-electron chi connectivity index (χ0n) is 10.1. The van der Waals surface area contributed by atoms with Crippen LogP contribution in [0.25, 0.3) is 0 Å². The van der Waals surface area contributed by atoms with Gasteiger partial charge in [0, 0.05) is 11.8 Å². The van der Waals surface area contributed by atoms with Crippen molar-refractivity contribution in [3.8, 4) is 0 Å². The van der Waals surface area contributed by atoms with Crippen LogP contribution >= 0.6 is 11.8 Å². The van der Waals surface area contributed by atoms with Gasteiger partial charge in [-0.25, -0.2) is 4.79 Å². The summed E-state index contributed by atoms with van der Waals surface area (Å²) in [4.78, 5) is 22.4. The van der Waals surface area contributed by atoms with Gasteiger partial charge in [0.15, 0.2) is 0 Å². The zero-order valence-corrected chi connectivity index (χ0v) is 10.9. The molecular formula is C12H18N2O3S. The van der Waals surface area contributed by atoms with Gasteiger partial charge in [-0.1, -0.05) is 12.2 Å². The van der Waals surface area contributed by atoms with E-state index in [1.54, 1.807) is 12.2 Å². The minimum Gasteiger partial charge on any atom is -0.481 e. The standard InChI is InChI=1S/C12H18N2O3S/c15-11(16)8-3-4-9(6-8)14-12(17)13-7-10-2-1-5-18-10/h3-4,8-10H,1-2,5-7H2,(H,15,16)(H2,13,14,17). The number of carbonyl (C=O) groups excluding carboxylic acids is 1. The van der Waals surface area contributed by atoms with Crippen LogP contribution in [-0.4, -0.2) is 40.7 Å². The summed E-state index contributed by atoms with van der Waals surface area (Å²) in [6, 6.07) is -0.370. The van der Waals surface area contributed by atoms with Gasteiger partial charge in [0.2, 0.25) is 0 Å². The van der Waals surface area contributed by atoms with Crippen molar-refractivity contribution in [2.45, 2.75) is 30.6 Å². The van der Waals surface area contributed by atoms with Crippen LogP contribution in [0, 0.1) is 5.92 Å². The summed E-state index contributed by atoms with van der Waals surface area (Å²) >= 11 is 1.90. The highest BCUT2D eigenvalue weighted by Gasteiger charge is 2.25. The molecule has 5 nitrogen and oxygen atoms in total. The van der Waals surface area contributed by atoms with Crippen molar-refractivity contribution in [2.75, 3.05) is 12.3 Å². The number of carboxylic acids is 1. The average molecular weight is 270 g/mol. The summed E-state index contributed by atoms with van der Waals surface area (Å²) in [5.74, 6) is -0.126. The lowest BCUT2D eigenvalue weighted by Gasteiger charge is -2.15. The van der Waals surface area contributed by atoms with E-state index in [4.69, 9.17) is 5.11 Å². The van der Waals surface area contributed by atoms with Crippen molar-refractivity contribution in [1.82, 2.24) is 10.6 Å². The zero-order chi connectivity index (χ0) is 13.0. The van der Waals surface area contributed by atoms with E-state index < -0.39 is 11.9 Å². The van der Waals surface area contributed by atoms with E-state index in [0.29, 0.717) is 18.2 Å². The fourth-order valence-corrected chi connectivity index (χ4v) is 3.42. The lowest BCUT2D eigenvalue weighted by atomic mass is 10.1. The SMILES string of the molecule is O=C(NCC1CCCS1)NC1C=CC(C(=O)O)C1. The van der Waals surface area contributed by atoms with Crippen molar-refractivity contribution in [2.24, 2.45) is 5.92 Å². The third kappa shape index (κ3) is 3.66. The second kappa shape index (κ2) is 6.13. The molecular weight excluding hydrogens is 252 g/mol. The van der Waals surface area contributed by atoms with Gasteiger partial charge in [-0.15, -0.1) is 0 Å². The smallest absolute Gasteiger partial charge is 0.315 e. The Kier molecular flexibility index (Phi) is 4.52. The molecule has 2 amide bonds. The molecule has 2 aliphatic rings. The van der Waals surface area contributed by atoms with Gasteiger partial charge in [-0.05, 0) is 25.0 Å². The van der Waals surface area contributed by atoms with Crippen LogP contribution in [0.3, 0.4) is 0 Å². The molecule has 0 aromatic rings. The molecule has 100 valence electrons. The Labute approximate surface area is 110 Å². The van der Waals surface area contributed by atoms with E-state index in [1.165, 1.54) is 12.2 Å². The van der Waals surface area contributed by atoms with Crippen LogP contribution < -0.4 is 10.6 Å². The molecule has 1 aliphatic carbocycles. The number of urea groups is 1. The van der Waals surface area contributed by atoms with E-state index in [2.05, 4.69) is 10.6 Å². The summed E-state index contributed by atoms with van der Waals surface area (Å²) in [6.07, 6.45) is 6.23. The molecule has 1 heterocycles. The largest absolute Gasteiger partial charge is 0.481 e. The maximum Gasteiger partial charge on any atom is 0.315 e. The first-order chi connectivity index (χ1) is 8.65. The van der Waals surface area contributed by atoms with Gasteiger partial charge in [0.1, 0.15) is 0 Å². The Bertz CT molecular complexity index is 353. The number of carbonyl (C=O) groups is 2. The Balaban J connectivity index is 1.65. The van der Waals surface area contributed by atoms with Crippen LogP contribution in [0.1, 0.15) is 19.3 Å². The first-order valence-corrected chi connectivity index (χ1v) is 7.27. The highest BCUT2D eigenvalue weighted by Crippen LogP contribution is 2.25. The van der Waals surface area contributed by atoms with Gasteiger partial charge in [0.05, 0.1) is 12.0 Å². The van der Waals surface area contributed by atoms with Crippen LogP contribution in [0.15, 0.2) is 12.2 Å². The van der Waals surface area contributed by atoms with Crippen molar-refractivity contribution < 1.29 is 14.7 Å². The third-order valence-corrected chi connectivity index (χ3v) is 4.63. The van der Waals surface area contributed by atoms with Crippen molar-refractivity contribution in [3.63, 3.8) is 0 Å². The topological polar surface area (TPSA) is 78.4 Å².